The molecule has 0 radical (unpaired) electrons. The van der Waals surface area contributed by atoms with Crippen molar-refractivity contribution in [2.24, 2.45) is 0 Å². The third-order valence-corrected chi connectivity index (χ3v) is 9.23. The number of nitrogens with zero attached hydrogens (tertiary/aromatic N) is 4. The Hall–Kier alpha value is -3.73. The maximum atomic E-state index is 13.2. The number of nitro groups is 2. The summed E-state index contributed by atoms with van der Waals surface area (Å²) in [7, 11) is -5.06. The summed E-state index contributed by atoms with van der Waals surface area (Å²) in [5.74, 6) is 0. The molecule has 4 aromatic rings. The summed E-state index contributed by atoms with van der Waals surface area (Å²) in [6, 6.07) is 23.2. The van der Waals surface area contributed by atoms with Gasteiger partial charge in [0.25, 0.3) is 18.7 Å². The van der Waals surface area contributed by atoms with Gasteiger partial charge in [-0.15, -0.1) is 4.52 Å². The highest BCUT2D eigenvalue weighted by Crippen LogP contribution is 2.44. The molecule has 226 valence electrons. The molecular formula is C28H30BrN4O8P2+. The molecule has 0 aliphatic carbocycles. The van der Waals surface area contributed by atoms with Gasteiger partial charge in [-0.3, -0.25) is 24.8 Å². The molecule has 0 aliphatic rings. The second-order valence-electron chi connectivity index (χ2n) is 8.44. The zero-order valence-electron chi connectivity index (χ0n) is 23.8. The number of halogens is 1. The molecule has 2 atom stereocenters. The first-order chi connectivity index (χ1) is 20.4. The third kappa shape index (κ3) is 11.1. The molecule has 2 aromatic heterocycles. The van der Waals surface area contributed by atoms with Crippen LogP contribution in [-0.2, 0) is 18.2 Å². The van der Waals surface area contributed by atoms with E-state index in [0.29, 0.717) is 27.9 Å². The summed E-state index contributed by atoms with van der Waals surface area (Å²) < 4.78 is 35.3. The zero-order valence-corrected chi connectivity index (χ0v) is 27.2. The van der Waals surface area contributed by atoms with Gasteiger partial charge in [0.2, 0.25) is 5.30 Å². The van der Waals surface area contributed by atoms with Crippen molar-refractivity contribution in [2.45, 2.75) is 27.7 Å². The smallest absolute Gasteiger partial charge is 0.321 e. The van der Waals surface area contributed by atoms with Gasteiger partial charge in [-0.2, -0.15) is 0 Å². The lowest BCUT2D eigenvalue weighted by Gasteiger charge is -2.17. The van der Waals surface area contributed by atoms with Gasteiger partial charge in [0.1, 0.15) is 16.6 Å². The van der Waals surface area contributed by atoms with Gasteiger partial charge in [0.05, 0.1) is 16.5 Å². The Morgan fingerprint density at radius 3 is 1.81 bits per heavy atom. The van der Waals surface area contributed by atoms with Gasteiger partial charge in [-0.05, 0) is 72.5 Å². The lowest BCUT2D eigenvalue weighted by molar-refractivity contribution is -0.385. The first-order valence-electron chi connectivity index (χ1n) is 12.8. The van der Waals surface area contributed by atoms with E-state index in [1.54, 1.807) is 63.2 Å². The fourth-order valence-electron chi connectivity index (χ4n) is 3.43. The van der Waals surface area contributed by atoms with E-state index in [1.165, 1.54) is 24.3 Å². The number of pyridine rings is 2. The van der Waals surface area contributed by atoms with Crippen LogP contribution in [0.3, 0.4) is 0 Å². The number of aromatic nitrogens is 2. The van der Waals surface area contributed by atoms with Crippen molar-refractivity contribution in [3.05, 3.63) is 121 Å². The second kappa shape index (κ2) is 17.4. The van der Waals surface area contributed by atoms with E-state index in [0.717, 1.165) is 5.30 Å². The van der Waals surface area contributed by atoms with Crippen molar-refractivity contribution < 1.29 is 28.0 Å². The average Bonchev–Trinajstić information content (AvgIpc) is 2.98. The van der Waals surface area contributed by atoms with Crippen LogP contribution in [0.4, 0.5) is 11.4 Å². The molecule has 2 unspecified atom stereocenters. The molecule has 15 heteroatoms. The van der Waals surface area contributed by atoms with E-state index in [-0.39, 0.29) is 23.4 Å². The minimum atomic E-state index is -3.43. The Morgan fingerprint density at radius 2 is 1.33 bits per heavy atom. The van der Waals surface area contributed by atoms with Gasteiger partial charge in [0.15, 0.2) is 0 Å². The number of hydrogen-bond acceptors (Lipinski definition) is 10. The number of aryl methyl sites for hydroxylation is 2. The topological polar surface area (TPSA) is 165 Å². The minimum Gasteiger partial charge on any atom is -0.321 e. The quantitative estimate of drug-likeness (QED) is 0.0796. The number of hydrogen-bond donors (Lipinski definition) is 0. The van der Waals surface area contributed by atoms with Gasteiger partial charge in [-0.1, -0.05) is 36.4 Å². The van der Waals surface area contributed by atoms with Crippen LogP contribution >= 0.6 is 31.3 Å². The predicted molar refractivity (Wildman–Crippen MR) is 169 cm³/mol. The molecule has 2 aromatic carbocycles. The van der Waals surface area contributed by atoms with Gasteiger partial charge in [0, 0.05) is 41.0 Å². The van der Waals surface area contributed by atoms with Crippen molar-refractivity contribution >= 4 is 58.7 Å². The molecular weight excluding hydrogens is 662 g/mol. The van der Waals surface area contributed by atoms with E-state index < -0.39 is 25.2 Å². The molecule has 0 spiro atoms. The van der Waals surface area contributed by atoms with Crippen LogP contribution in [0.15, 0.2) is 89.5 Å². The van der Waals surface area contributed by atoms with Crippen LogP contribution < -0.4 is 16.0 Å². The number of benzene rings is 2. The zero-order chi connectivity index (χ0) is 32.0. The molecule has 0 bridgehead atoms. The van der Waals surface area contributed by atoms with E-state index in [9.17, 15) is 29.4 Å². The molecule has 0 fully saturated rings. The van der Waals surface area contributed by atoms with Gasteiger partial charge >= 0.3 is 8.03 Å². The molecule has 43 heavy (non-hydrogen) atoms. The Kier molecular flexibility index (Phi) is 14.4. The van der Waals surface area contributed by atoms with Crippen LogP contribution in [0.5, 0.6) is 0 Å². The Bertz CT molecular complexity index is 1570. The lowest BCUT2D eigenvalue weighted by Crippen LogP contribution is -2.22. The van der Waals surface area contributed by atoms with Crippen LogP contribution in [-0.4, -0.2) is 33.0 Å². The second-order valence-corrected chi connectivity index (χ2v) is 12.9. The van der Waals surface area contributed by atoms with Crippen molar-refractivity contribution in [3.63, 3.8) is 0 Å². The van der Waals surface area contributed by atoms with E-state index in [4.69, 9.17) is 9.05 Å². The normalized spacial score (nSPS) is 12.0. The summed E-state index contributed by atoms with van der Waals surface area (Å²) in [5, 5.41) is 22.5. The summed E-state index contributed by atoms with van der Waals surface area (Å²) >= 11 is 3.07. The van der Waals surface area contributed by atoms with Crippen molar-refractivity contribution in [1.29, 1.82) is 0 Å². The summed E-state index contributed by atoms with van der Waals surface area (Å²) in [6.45, 7) is 7.59. The van der Waals surface area contributed by atoms with E-state index >= 15 is 0 Å². The fourth-order valence-corrected chi connectivity index (χ4v) is 6.81. The molecule has 12 nitrogen and oxygen atoms in total. The largest absolute Gasteiger partial charge is 0.548 e. The van der Waals surface area contributed by atoms with E-state index in [2.05, 4.69) is 25.9 Å². The minimum absolute atomic E-state index is 0.0596. The van der Waals surface area contributed by atoms with Crippen LogP contribution in [0.1, 0.15) is 25.2 Å². The molecule has 0 saturated heterocycles. The van der Waals surface area contributed by atoms with Gasteiger partial charge < -0.3 is 4.52 Å². The predicted octanol–water partition coefficient (Wildman–Crippen LogP) is 6.72. The highest BCUT2D eigenvalue weighted by atomic mass is 79.9. The maximum absolute atomic E-state index is 13.2. The lowest BCUT2D eigenvalue weighted by atomic mass is 10.3. The fraction of sp³-hybridized carbons (Fsp3) is 0.214. The first-order valence-corrected chi connectivity index (χ1v) is 16.4. The summed E-state index contributed by atoms with van der Waals surface area (Å²) in [5.41, 5.74) is 1.07. The Labute approximate surface area is 258 Å². The first kappa shape index (κ1) is 35.5. The van der Waals surface area contributed by atoms with Crippen LogP contribution in [0.2, 0.25) is 0 Å². The maximum Gasteiger partial charge on any atom is 0.548 e. The SMILES string of the molecule is CCOP(=O)(c1ccccc1)c1cc([N+](=O)[O-])cc(C)n1.CCO[P+](=O)c1ccccc1.Cc1cc([N+](=O)[O-])cc(Br)n1. The molecule has 0 amide bonds. The highest BCUT2D eigenvalue weighted by Gasteiger charge is 2.31. The van der Waals surface area contributed by atoms with Crippen LogP contribution in [0, 0.1) is 34.1 Å². The van der Waals surface area contributed by atoms with E-state index in [1.807, 2.05) is 25.1 Å². The Balaban J connectivity index is 0.000000247. The third-order valence-electron chi connectivity index (χ3n) is 5.18. The van der Waals surface area contributed by atoms with Crippen LogP contribution in [0.25, 0.3) is 0 Å². The average molecular weight is 692 g/mol. The standard InChI is InChI=1S/C14H15N2O4P.C8H10O2P.C6H5BrN2O2/c1-3-20-21(19,13-7-5-4-6-8-13)14-10-12(16(17)18)9-11(2)15-14;1-2-10-11(9)8-6-4-3-5-7-8;1-4-2-5(9(10)11)3-6(7)8-4/h4-10H,3H2,1-2H3;3-7H,2H2,1H3;2-3H,1H3/q;+1;. The van der Waals surface area contributed by atoms with Gasteiger partial charge in [-0.25, -0.2) is 9.97 Å². The summed E-state index contributed by atoms with van der Waals surface area (Å²) in [4.78, 5) is 28.4. The van der Waals surface area contributed by atoms with Crippen molar-refractivity contribution in [3.8, 4) is 0 Å². The molecule has 0 N–H and O–H groups in total. The summed E-state index contributed by atoms with van der Waals surface area (Å²) in [6.07, 6.45) is 0. The molecule has 2 heterocycles. The number of rotatable bonds is 9. The monoisotopic (exact) mass is 691 g/mol. The molecule has 0 saturated carbocycles. The molecule has 0 aliphatic heterocycles. The van der Waals surface area contributed by atoms with Crippen molar-refractivity contribution in [2.75, 3.05) is 13.2 Å². The Morgan fingerprint density at radius 1 is 0.814 bits per heavy atom. The van der Waals surface area contributed by atoms with Crippen molar-refractivity contribution in [1.82, 2.24) is 9.97 Å². The highest BCUT2D eigenvalue weighted by molar-refractivity contribution is 9.10. The molecule has 4 rings (SSSR count).